The van der Waals surface area contributed by atoms with Crippen LogP contribution in [0.3, 0.4) is 0 Å². The Balaban J connectivity index is 2.55. The molecule has 1 heterocycles. The number of hydrogen-bond donors (Lipinski definition) is 0. The molecule has 0 aromatic carbocycles. The van der Waals surface area contributed by atoms with Crippen LogP contribution >= 0.6 is 11.8 Å². The minimum absolute atomic E-state index is 0.102. The van der Waals surface area contributed by atoms with E-state index in [0.717, 1.165) is 12.2 Å². The fraction of sp³-hybridized carbons (Fsp3) is 0.556. The van der Waals surface area contributed by atoms with Gasteiger partial charge in [0.2, 0.25) is 0 Å². The lowest BCUT2D eigenvalue weighted by Crippen LogP contribution is -2.13. The highest BCUT2D eigenvalue weighted by atomic mass is 32.2. The first-order chi connectivity index (χ1) is 6.88. The molecular formula is C9H12NO3S. The number of thioether (sulfide) groups is 1. The van der Waals surface area contributed by atoms with Crippen LogP contribution in [0.2, 0.25) is 0 Å². The third-order valence-corrected chi connectivity index (χ3v) is 2.21. The number of ether oxygens (including phenoxy) is 1. The van der Waals surface area contributed by atoms with E-state index in [2.05, 4.69) is 5.16 Å². The molecule has 0 aromatic rings. The van der Waals surface area contributed by atoms with Crippen LogP contribution in [0, 0.1) is 0 Å². The Labute approximate surface area is 87.3 Å². The normalized spacial score (nSPS) is 16.9. The third-order valence-electron chi connectivity index (χ3n) is 1.43. The van der Waals surface area contributed by atoms with E-state index in [-0.39, 0.29) is 5.71 Å². The molecule has 5 heteroatoms. The summed E-state index contributed by atoms with van der Waals surface area (Å²) in [6, 6.07) is 0. The van der Waals surface area contributed by atoms with Gasteiger partial charge >= 0.3 is 0 Å². The van der Waals surface area contributed by atoms with Crippen LogP contribution in [0.1, 0.15) is 13.3 Å². The predicted octanol–water partition coefficient (Wildman–Crippen LogP) is 1.48. The van der Waals surface area contributed by atoms with E-state index in [4.69, 9.17) is 9.57 Å². The van der Waals surface area contributed by atoms with Crippen molar-refractivity contribution in [1.82, 2.24) is 0 Å². The van der Waals surface area contributed by atoms with E-state index in [1.54, 1.807) is 23.5 Å². The molecule has 1 radical (unpaired) electrons. The molecule has 0 saturated carbocycles. The lowest BCUT2D eigenvalue weighted by molar-refractivity contribution is 0.143. The number of carbonyl (C=O) groups excluding carboxylic acids is 1. The summed E-state index contributed by atoms with van der Waals surface area (Å²) in [5.74, 6) is 1.35. The molecule has 77 valence electrons. The zero-order valence-electron chi connectivity index (χ0n) is 7.99. The Bertz CT molecular complexity index is 250. The van der Waals surface area contributed by atoms with Gasteiger partial charge in [0.05, 0.1) is 6.61 Å². The topological polar surface area (TPSA) is 47.9 Å². The number of hydrogen-bond acceptors (Lipinski definition) is 5. The summed E-state index contributed by atoms with van der Waals surface area (Å²) < 4.78 is 5.23. The highest BCUT2D eigenvalue weighted by Crippen LogP contribution is 2.15. The zero-order chi connectivity index (χ0) is 10.2. The molecule has 0 aliphatic carbocycles. The van der Waals surface area contributed by atoms with Crippen molar-refractivity contribution < 1.29 is 14.4 Å². The molecule has 0 aromatic heterocycles. The first kappa shape index (κ1) is 11.1. The molecule has 0 spiro atoms. The molecule has 0 fully saturated rings. The maximum Gasteiger partial charge on any atom is 0.261 e. The van der Waals surface area contributed by atoms with Gasteiger partial charge in [-0.2, -0.15) is 0 Å². The van der Waals surface area contributed by atoms with Crippen LogP contribution < -0.4 is 0 Å². The highest BCUT2D eigenvalue weighted by Gasteiger charge is 2.13. The molecule has 0 atom stereocenters. The van der Waals surface area contributed by atoms with E-state index in [9.17, 15) is 4.79 Å². The van der Waals surface area contributed by atoms with Gasteiger partial charge in [-0.3, -0.25) is 4.79 Å². The van der Waals surface area contributed by atoms with Gasteiger partial charge < -0.3 is 9.57 Å². The number of oxime groups is 1. The Morgan fingerprint density at radius 3 is 3.29 bits per heavy atom. The lowest BCUT2D eigenvalue weighted by atomic mass is 10.3. The van der Waals surface area contributed by atoms with Gasteiger partial charge in [-0.05, 0) is 6.42 Å². The quantitative estimate of drug-likeness (QED) is 0.395. The number of nitrogens with zero attached hydrogens (tertiary/aromatic N) is 1. The van der Waals surface area contributed by atoms with E-state index in [1.165, 1.54) is 0 Å². The minimum Gasteiger partial charge on any atom is -0.490 e. The molecule has 0 amide bonds. The fourth-order valence-corrected chi connectivity index (χ4v) is 1.44. The second-order valence-corrected chi connectivity index (χ2v) is 3.55. The van der Waals surface area contributed by atoms with E-state index < -0.39 is 0 Å². The SMILES string of the molecule is CCCON=C([C]=O)C1=CSCCO1. The molecule has 0 N–H and O–H groups in total. The first-order valence-electron chi connectivity index (χ1n) is 4.41. The summed E-state index contributed by atoms with van der Waals surface area (Å²) in [5, 5.41) is 5.39. The molecule has 0 saturated heterocycles. The Hall–Kier alpha value is -0.970. The van der Waals surface area contributed by atoms with Gasteiger partial charge in [0.25, 0.3) is 6.29 Å². The van der Waals surface area contributed by atoms with Crippen molar-refractivity contribution in [2.75, 3.05) is 19.0 Å². The summed E-state index contributed by atoms with van der Waals surface area (Å²) in [7, 11) is 0. The lowest BCUT2D eigenvalue weighted by Gasteiger charge is -2.12. The third kappa shape index (κ3) is 3.41. The Morgan fingerprint density at radius 2 is 2.71 bits per heavy atom. The maximum absolute atomic E-state index is 10.5. The summed E-state index contributed by atoms with van der Waals surface area (Å²) in [6.07, 6.45) is 2.55. The van der Waals surface area contributed by atoms with Crippen molar-refractivity contribution in [3.63, 3.8) is 0 Å². The van der Waals surface area contributed by atoms with Gasteiger partial charge in [-0.1, -0.05) is 12.1 Å². The number of allylic oxidation sites excluding steroid dienone is 1. The van der Waals surface area contributed by atoms with Crippen LogP contribution in [-0.4, -0.2) is 31.0 Å². The average Bonchev–Trinajstić information content (AvgIpc) is 2.26. The maximum atomic E-state index is 10.5. The van der Waals surface area contributed by atoms with E-state index in [0.29, 0.717) is 19.0 Å². The molecule has 0 bridgehead atoms. The number of rotatable bonds is 5. The average molecular weight is 214 g/mol. The molecule has 0 unspecified atom stereocenters. The summed E-state index contributed by atoms with van der Waals surface area (Å²) >= 11 is 1.58. The second-order valence-electron chi connectivity index (χ2n) is 2.58. The van der Waals surface area contributed by atoms with Gasteiger partial charge in [-0.25, -0.2) is 0 Å². The largest absolute Gasteiger partial charge is 0.490 e. The smallest absolute Gasteiger partial charge is 0.261 e. The monoisotopic (exact) mass is 214 g/mol. The van der Waals surface area contributed by atoms with Crippen LogP contribution in [0.5, 0.6) is 0 Å². The molecule has 14 heavy (non-hydrogen) atoms. The summed E-state index contributed by atoms with van der Waals surface area (Å²) in [6.45, 7) is 3.04. The Morgan fingerprint density at radius 1 is 1.86 bits per heavy atom. The van der Waals surface area contributed by atoms with Gasteiger partial charge in [0.1, 0.15) is 6.61 Å². The van der Waals surface area contributed by atoms with Crippen molar-refractivity contribution in [1.29, 1.82) is 0 Å². The van der Waals surface area contributed by atoms with Crippen molar-refractivity contribution >= 4 is 23.8 Å². The zero-order valence-corrected chi connectivity index (χ0v) is 8.80. The van der Waals surface area contributed by atoms with Crippen molar-refractivity contribution in [2.24, 2.45) is 5.16 Å². The molecule has 4 nitrogen and oxygen atoms in total. The van der Waals surface area contributed by atoms with E-state index >= 15 is 0 Å². The molecule has 1 rings (SSSR count). The van der Waals surface area contributed by atoms with Crippen LogP contribution in [0.25, 0.3) is 0 Å². The minimum atomic E-state index is 0.102. The second kappa shape index (κ2) is 6.48. The Kier molecular flexibility index (Phi) is 5.14. The fourth-order valence-electron chi connectivity index (χ4n) is 0.808. The van der Waals surface area contributed by atoms with Crippen molar-refractivity contribution in [3.8, 4) is 0 Å². The van der Waals surface area contributed by atoms with Crippen molar-refractivity contribution in [2.45, 2.75) is 13.3 Å². The molecular weight excluding hydrogens is 202 g/mol. The molecule has 1 aliphatic heterocycles. The van der Waals surface area contributed by atoms with Gasteiger partial charge in [0.15, 0.2) is 11.5 Å². The van der Waals surface area contributed by atoms with Crippen LogP contribution in [-0.2, 0) is 14.4 Å². The van der Waals surface area contributed by atoms with Crippen LogP contribution in [0.15, 0.2) is 16.3 Å². The standard InChI is InChI=1S/C9H12NO3S/c1-2-3-13-10-8(6-11)9-7-14-5-4-12-9/h7H,2-5H2,1H3. The van der Waals surface area contributed by atoms with Crippen LogP contribution in [0.4, 0.5) is 0 Å². The summed E-state index contributed by atoms with van der Waals surface area (Å²) in [4.78, 5) is 15.4. The van der Waals surface area contributed by atoms with E-state index in [1.807, 2.05) is 6.92 Å². The van der Waals surface area contributed by atoms with Gasteiger partial charge in [0, 0.05) is 11.2 Å². The summed E-state index contributed by atoms with van der Waals surface area (Å²) in [5.41, 5.74) is 0.102. The highest BCUT2D eigenvalue weighted by molar-refractivity contribution is 8.02. The first-order valence-corrected chi connectivity index (χ1v) is 5.46. The van der Waals surface area contributed by atoms with Gasteiger partial charge in [-0.15, -0.1) is 11.8 Å². The van der Waals surface area contributed by atoms with Crippen molar-refractivity contribution in [3.05, 3.63) is 11.2 Å². The molecule has 1 aliphatic rings. The predicted molar refractivity (Wildman–Crippen MR) is 55.9 cm³/mol.